The number of halogens is 3. The van der Waals surface area contributed by atoms with Gasteiger partial charge in [0.05, 0.1) is 32.3 Å². The van der Waals surface area contributed by atoms with Gasteiger partial charge in [0.25, 0.3) is 10.0 Å². The molecule has 0 radical (unpaired) electrons. The molecule has 0 spiro atoms. The first-order valence-electron chi connectivity index (χ1n) is 12.0. The third kappa shape index (κ3) is 7.45. The molecule has 4 rings (SSSR count). The smallest absolute Gasteiger partial charge is 0.261 e. The zero-order chi connectivity index (χ0) is 28.4. The SMILES string of the molecule is Cc1ccc(NS(=O)(=O)c2ccc(NC(=O)C3CCCN(S(=O)(=O)Cc4ccc(Cl)c(Cl)c4)C3)cc2)cc1Cl. The number of nitrogens with zero attached hydrogens (tertiary/aromatic N) is 1. The second kappa shape index (κ2) is 12.0. The summed E-state index contributed by atoms with van der Waals surface area (Å²) in [5.41, 5.74) is 2.06. The Morgan fingerprint density at radius 1 is 0.897 bits per heavy atom. The van der Waals surface area contributed by atoms with E-state index in [-0.39, 0.29) is 28.1 Å². The van der Waals surface area contributed by atoms with Gasteiger partial charge >= 0.3 is 0 Å². The van der Waals surface area contributed by atoms with Gasteiger partial charge in [-0.25, -0.2) is 21.1 Å². The molecule has 1 saturated heterocycles. The molecule has 39 heavy (non-hydrogen) atoms. The van der Waals surface area contributed by atoms with Crippen molar-refractivity contribution in [3.63, 3.8) is 0 Å². The zero-order valence-electron chi connectivity index (χ0n) is 20.8. The highest BCUT2D eigenvalue weighted by atomic mass is 35.5. The average molecular weight is 631 g/mol. The Morgan fingerprint density at radius 2 is 1.59 bits per heavy atom. The Bertz CT molecular complexity index is 1600. The highest BCUT2D eigenvalue weighted by Gasteiger charge is 2.32. The van der Waals surface area contributed by atoms with Gasteiger partial charge in [-0.1, -0.05) is 46.9 Å². The van der Waals surface area contributed by atoms with Crippen LogP contribution in [0.5, 0.6) is 0 Å². The second-order valence-electron chi connectivity index (χ2n) is 9.28. The number of hydrogen-bond donors (Lipinski definition) is 2. The van der Waals surface area contributed by atoms with Gasteiger partial charge in [-0.15, -0.1) is 0 Å². The van der Waals surface area contributed by atoms with Crippen molar-refractivity contribution in [1.82, 2.24) is 4.31 Å². The lowest BCUT2D eigenvalue weighted by Crippen LogP contribution is -2.44. The number of sulfonamides is 2. The van der Waals surface area contributed by atoms with Gasteiger partial charge < -0.3 is 5.32 Å². The number of hydrogen-bond acceptors (Lipinski definition) is 5. The zero-order valence-corrected chi connectivity index (χ0v) is 24.7. The summed E-state index contributed by atoms with van der Waals surface area (Å²) in [6, 6.07) is 15.3. The predicted octanol–water partition coefficient (Wildman–Crippen LogP) is 5.94. The Labute approximate surface area is 243 Å². The topological polar surface area (TPSA) is 113 Å². The number of nitrogens with one attached hydrogen (secondary N) is 2. The summed E-state index contributed by atoms with van der Waals surface area (Å²) < 4.78 is 55.4. The van der Waals surface area contributed by atoms with Crippen LogP contribution in [0.1, 0.15) is 24.0 Å². The minimum Gasteiger partial charge on any atom is -0.326 e. The molecule has 8 nitrogen and oxygen atoms in total. The van der Waals surface area contributed by atoms with Crippen LogP contribution in [0, 0.1) is 12.8 Å². The maximum Gasteiger partial charge on any atom is 0.261 e. The van der Waals surface area contributed by atoms with Gasteiger partial charge in [0.1, 0.15) is 0 Å². The third-order valence-corrected chi connectivity index (χ3v) is 10.7. The minimum atomic E-state index is -3.87. The summed E-state index contributed by atoms with van der Waals surface area (Å²) in [4.78, 5) is 13.0. The number of anilines is 2. The Kier molecular flexibility index (Phi) is 9.15. The van der Waals surface area contributed by atoms with E-state index in [1.165, 1.54) is 40.7 Å². The van der Waals surface area contributed by atoms with E-state index in [2.05, 4.69) is 10.0 Å². The van der Waals surface area contributed by atoms with Crippen molar-refractivity contribution in [2.75, 3.05) is 23.1 Å². The fraction of sp³-hybridized carbons (Fsp3) is 0.269. The number of carbonyl (C=O) groups excluding carboxylic acids is 1. The van der Waals surface area contributed by atoms with E-state index in [0.29, 0.717) is 46.4 Å². The molecule has 2 N–H and O–H groups in total. The highest BCUT2D eigenvalue weighted by Crippen LogP contribution is 2.27. The van der Waals surface area contributed by atoms with E-state index in [0.717, 1.165) is 5.56 Å². The average Bonchev–Trinajstić information content (AvgIpc) is 2.88. The molecule has 13 heteroatoms. The van der Waals surface area contributed by atoms with Crippen molar-refractivity contribution in [3.05, 3.63) is 86.9 Å². The molecule has 3 aromatic carbocycles. The first kappa shape index (κ1) is 29.6. The Morgan fingerprint density at radius 3 is 2.26 bits per heavy atom. The molecule has 1 amide bonds. The van der Waals surface area contributed by atoms with E-state index in [4.69, 9.17) is 34.8 Å². The number of benzene rings is 3. The summed E-state index contributed by atoms with van der Waals surface area (Å²) in [5.74, 6) is -1.15. The molecule has 1 aliphatic heterocycles. The molecule has 0 saturated carbocycles. The molecule has 1 fully saturated rings. The first-order chi connectivity index (χ1) is 18.3. The van der Waals surface area contributed by atoms with Crippen molar-refractivity contribution in [2.24, 2.45) is 5.92 Å². The summed E-state index contributed by atoms with van der Waals surface area (Å²) in [6.07, 6.45) is 1.06. The maximum absolute atomic E-state index is 13.0. The lowest BCUT2D eigenvalue weighted by molar-refractivity contribution is -0.120. The second-order valence-corrected chi connectivity index (χ2v) is 14.2. The largest absolute Gasteiger partial charge is 0.326 e. The van der Waals surface area contributed by atoms with E-state index in [1.54, 1.807) is 24.3 Å². The van der Waals surface area contributed by atoms with E-state index >= 15 is 0 Å². The van der Waals surface area contributed by atoms with Gasteiger partial charge in [-0.05, 0) is 79.4 Å². The summed E-state index contributed by atoms with van der Waals surface area (Å²) in [6.45, 7) is 2.18. The standard InChI is InChI=1S/C26H26Cl3N3O5S2/c1-17-4-6-21(14-24(17)28)31-39(36,37)22-9-7-20(8-10-22)30-26(33)19-3-2-12-32(15-19)38(34,35)16-18-5-11-23(27)25(29)13-18/h4-11,13-14,19,31H,2-3,12,15-16H2,1H3,(H,30,33). The molecule has 1 heterocycles. The van der Waals surface area contributed by atoms with Gasteiger partial charge in [0.15, 0.2) is 0 Å². The molecule has 208 valence electrons. The molecule has 0 aromatic heterocycles. The Balaban J connectivity index is 1.38. The fourth-order valence-corrected chi connectivity index (χ4v) is 7.32. The monoisotopic (exact) mass is 629 g/mol. The van der Waals surface area contributed by atoms with Crippen LogP contribution >= 0.6 is 34.8 Å². The number of amides is 1. The molecule has 1 aliphatic rings. The molecule has 1 atom stereocenters. The summed E-state index contributed by atoms with van der Waals surface area (Å²) in [7, 11) is -7.56. The molecule has 3 aromatic rings. The fourth-order valence-electron chi connectivity index (χ4n) is 4.17. The number of rotatable bonds is 8. The van der Waals surface area contributed by atoms with Crippen molar-refractivity contribution in [2.45, 2.75) is 30.4 Å². The normalized spacial score (nSPS) is 16.6. The van der Waals surface area contributed by atoms with Crippen LogP contribution in [0.4, 0.5) is 11.4 Å². The van der Waals surface area contributed by atoms with E-state index < -0.39 is 26.0 Å². The lowest BCUT2D eigenvalue weighted by atomic mass is 9.99. The molecule has 0 aliphatic carbocycles. The van der Waals surface area contributed by atoms with Crippen LogP contribution < -0.4 is 10.0 Å². The highest BCUT2D eigenvalue weighted by molar-refractivity contribution is 7.92. The van der Waals surface area contributed by atoms with Crippen molar-refractivity contribution >= 4 is 72.1 Å². The van der Waals surface area contributed by atoms with Crippen LogP contribution in [0.25, 0.3) is 0 Å². The minimum absolute atomic E-state index is 0.00874. The summed E-state index contributed by atoms with van der Waals surface area (Å²) >= 11 is 18.0. The number of aryl methyl sites for hydroxylation is 1. The lowest BCUT2D eigenvalue weighted by Gasteiger charge is -2.31. The Hall–Kier alpha value is -2.34. The number of piperidine rings is 1. The predicted molar refractivity (Wildman–Crippen MR) is 155 cm³/mol. The maximum atomic E-state index is 13.0. The quantitative estimate of drug-likeness (QED) is 0.320. The number of carbonyl (C=O) groups is 1. The summed E-state index contributed by atoms with van der Waals surface area (Å²) in [5, 5.41) is 3.82. The van der Waals surface area contributed by atoms with Gasteiger partial charge in [-0.3, -0.25) is 9.52 Å². The van der Waals surface area contributed by atoms with Crippen LogP contribution in [0.3, 0.4) is 0 Å². The molecular formula is C26H26Cl3N3O5S2. The van der Waals surface area contributed by atoms with Gasteiger partial charge in [-0.2, -0.15) is 0 Å². The first-order valence-corrected chi connectivity index (χ1v) is 16.2. The van der Waals surface area contributed by atoms with Crippen LogP contribution in [-0.2, 0) is 30.6 Å². The van der Waals surface area contributed by atoms with E-state index in [9.17, 15) is 21.6 Å². The molecule has 0 bridgehead atoms. The van der Waals surface area contributed by atoms with E-state index in [1.807, 2.05) is 6.92 Å². The van der Waals surface area contributed by atoms with Gasteiger partial charge in [0, 0.05) is 23.8 Å². The van der Waals surface area contributed by atoms with Crippen molar-refractivity contribution in [1.29, 1.82) is 0 Å². The van der Waals surface area contributed by atoms with Crippen molar-refractivity contribution in [3.8, 4) is 0 Å². The van der Waals surface area contributed by atoms with Crippen LogP contribution in [-0.4, -0.2) is 40.1 Å². The third-order valence-electron chi connectivity index (χ3n) is 6.34. The van der Waals surface area contributed by atoms with Gasteiger partial charge in [0.2, 0.25) is 15.9 Å². The molecular weight excluding hydrogens is 605 g/mol. The van der Waals surface area contributed by atoms with Crippen molar-refractivity contribution < 1.29 is 21.6 Å². The van der Waals surface area contributed by atoms with Crippen LogP contribution in [0.15, 0.2) is 65.6 Å². The molecule has 1 unspecified atom stereocenters. The van der Waals surface area contributed by atoms with Crippen LogP contribution in [0.2, 0.25) is 15.1 Å².